The van der Waals surface area contributed by atoms with E-state index in [1.54, 1.807) is 36.5 Å². The first kappa shape index (κ1) is 20.7. The minimum atomic E-state index is -3.42. The van der Waals surface area contributed by atoms with E-state index in [0.717, 1.165) is 34.8 Å². The summed E-state index contributed by atoms with van der Waals surface area (Å²) >= 11 is 0. The molecule has 0 atom stereocenters. The van der Waals surface area contributed by atoms with E-state index < -0.39 is 9.84 Å². The lowest BCUT2D eigenvalue weighted by molar-refractivity contribution is -0.605. The molecule has 0 unspecified atom stereocenters. The highest BCUT2D eigenvalue weighted by Crippen LogP contribution is 2.19. The molecule has 0 bridgehead atoms. The summed E-state index contributed by atoms with van der Waals surface area (Å²) in [5.74, 6) is 0. The van der Waals surface area contributed by atoms with Gasteiger partial charge in [-0.3, -0.25) is 9.36 Å². The summed E-state index contributed by atoms with van der Waals surface area (Å²) in [6.45, 7) is 0. The number of pyridine rings is 3. The first-order valence-corrected chi connectivity index (χ1v) is 11.7. The third-order valence-corrected chi connectivity index (χ3v) is 6.23. The topological polar surface area (TPSA) is 96.0 Å². The lowest BCUT2D eigenvalue weighted by atomic mass is 10.0. The quantitative estimate of drug-likeness (QED) is 0.343. The van der Waals surface area contributed by atoms with Gasteiger partial charge in [0.1, 0.15) is 5.65 Å². The third kappa shape index (κ3) is 4.49. The highest BCUT2D eigenvalue weighted by Gasteiger charge is 2.14. The van der Waals surface area contributed by atoms with E-state index in [-0.39, 0.29) is 10.5 Å². The Morgan fingerprint density at radius 3 is 2.55 bits per heavy atom. The molecule has 0 N–H and O–H groups in total. The molecular formula is C23H21N3O4S. The van der Waals surface area contributed by atoms with Crippen molar-refractivity contribution in [2.75, 3.05) is 6.26 Å². The Balaban J connectivity index is 1.74. The summed E-state index contributed by atoms with van der Waals surface area (Å²) in [4.78, 5) is 17.9. The van der Waals surface area contributed by atoms with Crippen molar-refractivity contribution < 1.29 is 13.1 Å². The zero-order valence-electron chi connectivity index (χ0n) is 16.9. The van der Waals surface area contributed by atoms with Crippen LogP contribution in [0.4, 0.5) is 0 Å². The van der Waals surface area contributed by atoms with Crippen molar-refractivity contribution in [3.8, 4) is 5.69 Å². The van der Waals surface area contributed by atoms with Crippen LogP contribution in [-0.4, -0.2) is 24.2 Å². The van der Waals surface area contributed by atoms with E-state index >= 15 is 0 Å². The molecule has 8 heteroatoms. The normalized spacial score (nSPS) is 11.6. The zero-order valence-corrected chi connectivity index (χ0v) is 17.7. The van der Waals surface area contributed by atoms with Crippen LogP contribution in [-0.2, 0) is 22.7 Å². The van der Waals surface area contributed by atoms with Crippen LogP contribution in [0.1, 0.15) is 17.5 Å². The largest absolute Gasteiger partial charge is 0.619 e. The molecule has 0 aliphatic carbocycles. The van der Waals surface area contributed by atoms with E-state index in [0.29, 0.717) is 23.3 Å². The summed E-state index contributed by atoms with van der Waals surface area (Å²) in [5, 5.41) is 12.0. The predicted octanol–water partition coefficient (Wildman–Crippen LogP) is 2.60. The van der Waals surface area contributed by atoms with Gasteiger partial charge < -0.3 is 5.21 Å². The van der Waals surface area contributed by atoms with E-state index in [9.17, 15) is 18.4 Å². The smallest absolute Gasteiger partial charge is 0.259 e. The number of hydrogen-bond donors (Lipinski definition) is 0. The van der Waals surface area contributed by atoms with Crippen LogP contribution in [0.3, 0.4) is 0 Å². The molecular weight excluding hydrogens is 414 g/mol. The van der Waals surface area contributed by atoms with E-state index in [2.05, 4.69) is 4.98 Å². The van der Waals surface area contributed by atoms with Crippen molar-refractivity contribution in [3.63, 3.8) is 0 Å². The van der Waals surface area contributed by atoms with Gasteiger partial charge in [-0.2, -0.15) is 4.73 Å². The molecule has 4 rings (SSSR count). The number of rotatable bonds is 6. The van der Waals surface area contributed by atoms with Gasteiger partial charge in [-0.05, 0) is 61.2 Å². The highest BCUT2D eigenvalue weighted by molar-refractivity contribution is 7.90. The van der Waals surface area contributed by atoms with Gasteiger partial charge in [-0.1, -0.05) is 6.07 Å². The van der Waals surface area contributed by atoms with Gasteiger partial charge in [-0.25, -0.2) is 13.4 Å². The minimum Gasteiger partial charge on any atom is -0.619 e. The molecule has 0 saturated heterocycles. The Bertz CT molecular complexity index is 1410. The van der Waals surface area contributed by atoms with E-state index in [1.807, 2.05) is 12.1 Å². The molecule has 3 aromatic heterocycles. The number of aromatic nitrogens is 3. The van der Waals surface area contributed by atoms with Crippen LogP contribution in [0.25, 0.3) is 16.7 Å². The van der Waals surface area contributed by atoms with Crippen molar-refractivity contribution in [2.24, 2.45) is 0 Å². The Morgan fingerprint density at radius 2 is 1.81 bits per heavy atom. The lowest BCUT2D eigenvalue weighted by Crippen LogP contribution is -2.24. The van der Waals surface area contributed by atoms with Crippen molar-refractivity contribution in [3.05, 3.63) is 99.9 Å². The average molecular weight is 436 g/mol. The Labute approximate surface area is 179 Å². The molecule has 3 heterocycles. The molecule has 0 aliphatic rings. The van der Waals surface area contributed by atoms with Crippen LogP contribution in [0, 0.1) is 5.21 Å². The van der Waals surface area contributed by atoms with E-state index in [1.165, 1.54) is 29.1 Å². The molecule has 158 valence electrons. The van der Waals surface area contributed by atoms with Gasteiger partial charge >= 0.3 is 0 Å². The van der Waals surface area contributed by atoms with Crippen molar-refractivity contribution >= 4 is 20.9 Å². The first-order chi connectivity index (χ1) is 14.8. The van der Waals surface area contributed by atoms with Crippen LogP contribution in [0.5, 0.6) is 0 Å². The van der Waals surface area contributed by atoms with Gasteiger partial charge in [0.2, 0.25) is 0 Å². The fourth-order valence-electron chi connectivity index (χ4n) is 3.56. The molecule has 0 saturated carbocycles. The van der Waals surface area contributed by atoms with Crippen molar-refractivity contribution in [2.45, 2.75) is 24.2 Å². The summed E-state index contributed by atoms with van der Waals surface area (Å²) in [6, 6.07) is 15.4. The number of nitrogens with zero attached hydrogens (tertiary/aromatic N) is 3. The Morgan fingerprint density at radius 1 is 1.03 bits per heavy atom. The molecule has 31 heavy (non-hydrogen) atoms. The van der Waals surface area contributed by atoms with Crippen LogP contribution < -0.4 is 10.3 Å². The number of hydrogen-bond acceptors (Lipinski definition) is 5. The Kier molecular flexibility index (Phi) is 5.56. The molecule has 0 radical (unpaired) electrons. The molecule has 0 fully saturated rings. The van der Waals surface area contributed by atoms with Gasteiger partial charge in [0.15, 0.2) is 22.2 Å². The van der Waals surface area contributed by atoms with Gasteiger partial charge in [-0.15, -0.1) is 0 Å². The highest BCUT2D eigenvalue weighted by atomic mass is 32.2. The second-order valence-electron chi connectivity index (χ2n) is 7.42. The standard InChI is InChI=1S/C23H21N3O4S/c1-31(29,30)21-9-3-8-20(16-21)26-22-18(7-4-12-24-22)15-19(23(26)27)6-2-5-17-10-13-25(28)14-11-17/h3-4,7-16H,2,5-6H2,1H3. The van der Waals surface area contributed by atoms with Gasteiger partial charge in [0, 0.05) is 35.5 Å². The number of aryl methyl sites for hydroxylation is 2. The van der Waals surface area contributed by atoms with Gasteiger partial charge in [0.05, 0.1) is 10.6 Å². The van der Waals surface area contributed by atoms with Crippen molar-refractivity contribution in [1.82, 2.24) is 9.55 Å². The fraction of sp³-hybridized carbons (Fsp3) is 0.174. The second-order valence-corrected chi connectivity index (χ2v) is 9.43. The summed E-state index contributed by atoms with van der Waals surface area (Å²) in [5.41, 5.74) is 2.37. The monoisotopic (exact) mass is 435 g/mol. The molecule has 0 amide bonds. The first-order valence-electron chi connectivity index (χ1n) is 9.81. The molecule has 1 aromatic carbocycles. The van der Waals surface area contributed by atoms with Crippen LogP contribution in [0.2, 0.25) is 0 Å². The van der Waals surface area contributed by atoms with Gasteiger partial charge in [0.25, 0.3) is 5.56 Å². The molecule has 0 aliphatic heterocycles. The molecule has 7 nitrogen and oxygen atoms in total. The van der Waals surface area contributed by atoms with Crippen LogP contribution >= 0.6 is 0 Å². The maximum atomic E-state index is 13.4. The Hall–Kier alpha value is -3.52. The maximum Gasteiger partial charge on any atom is 0.259 e. The SMILES string of the molecule is CS(=O)(=O)c1cccc(-n2c(=O)c(CCCc3cc[n+]([O-])cc3)cc3cccnc32)c1. The molecule has 4 aromatic rings. The second kappa shape index (κ2) is 8.31. The number of fused-ring (bicyclic) bond motifs is 1. The number of benzene rings is 1. The summed E-state index contributed by atoms with van der Waals surface area (Å²) in [7, 11) is -3.42. The van der Waals surface area contributed by atoms with Crippen LogP contribution in [0.15, 0.2) is 82.9 Å². The van der Waals surface area contributed by atoms with Crippen molar-refractivity contribution in [1.29, 1.82) is 0 Å². The maximum absolute atomic E-state index is 13.4. The summed E-state index contributed by atoms with van der Waals surface area (Å²) in [6.07, 6.45) is 7.66. The molecule has 0 spiro atoms. The third-order valence-electron chi connectivity index (χ3n) is 5.12. The number of sulfone groups is 1. The lowest BCUT2D eigenvalue weighted by Gasteiger charge is -2.13. The predicted molar refractivity (Wildman–Crippen MR) is 118 cm³/mol. The zero-order chi connectivity index (χ0) is 22.0. The average Bonchev–Trinajstić information content (AvgIpc) is 2.75. The van der Waals surface area contributed by atoms with E-state index in [4.69, 9.17) is 0 Å². The summed E-state index contributed by atoms with van der Waals surface area (Å²) < 4.78 is 26.2. The fourth-order valence-corrected chi connectivity index (χ4v) is 4.22. The minimum absolute atomic E-state index is 0.145.